The molecular formula is C23H26N2O2. The van der Waals surface area contributed by atoms with E-state index in [2.05, 4.69) is 19.2 Å². The quantitative estimate of drug-likeness (QED) is 0.591. The Hall–Kier alpha value is -2.72. The first kappa shape index (κ1) is 19.1. The summed E-state index contributed by atoms with van der Waals surface area (Å²) in [6.07, 6.45) is 0.799. The van der Waals surface area contributed by atoms with Gasteiger partial charge in [0.15, 0.2) is 0 Å². The van der Waals surface area contributed by atoms with Gasteiger partial charge in [0.05, 0.1) is 16.8 Å². The Morgan fingerprint density at radius 1 is 1.07 bits per heavy atom. The van der Waals surface area contributed by atoms with Crippen molar-refractivity contribution in [3.63, 3.8) is 0 Å². The molecule has 1 N–H and O–H groups in total. The van der Waals surface area contributed by atoms with Crippen molar-refractivity contribution in [3.8, 4) is 11.3 Å². The van der Waals surface area contributed by atoms with Gasteiger partial charge in [0.25, 0.3) is 5.91 Å². The number of nitrogens with one attached hydrogen (secondary N) is 1. The molecule has 0 atom stereocenters. The Kier molecular flexibility index (Phi) is 6.55. The van der Waals surface area contributed by atoms with Crippen LogP contribution in [0.2, 0.25) is 0 Å². The molecular weight excluding hydrogens is 336 g/mol. The Morgan fingerprint density at radius 2 is 1.81 bits per heavy atom. The van der Waals surface area contributed by atoms with Crippen LogP contribution in [0.1, 0.15) is 30.6 Å². The van der Waals surface area contributed by atoms with Crippen LogP contribution in [0.25, 0.3) is 22.2 Å². The van der Waals surface area contributed by atoms with E-state index in [4.69, 9.17) is 9.72 Å². The SMILES string of the molecule is CC(C)COCCCNC(=O)c1cc(-c2ccccc2)nc2ccccc12. The summed E-state index contributed by atoms with van der Waals surface area (Å²) in [6, 6.07) is 19.6. The summed E-state index contributed by atoms with van der Waals surface area (Å²) in [5.74, 6) is 0.453. The number of carbonyl (C=O) groups is 1. The summed E-state index contributed by atoms with van der Waals surface area (Å²) in [7, 11) is 0. The third kappa shape index (κ3) is 5.14. The summed E-state index contributed by atoms with van der Waals surface area (Å²) in [6.45, 7) is 6.25. The van der Waals surface area contributed by atoms with E-state index in [-0.39, 0.29) is 5.91 Å². The first-order chi connectivity index (χ1) is 13.1. The van der Waals surface area contributed by atoms with Crippen molar-refractivity contribution in [1.82, 2.24) is 10.3 Å². The van der Waals surface area contributed by atoms with E-state index in [0.717, 1.165) is 35.2 Å². The number of hydrogen-bond donors (Lipinski definition) is 1. The molecule has 0 unspecified atom stereocenters. The third-order valence-corrected chi connectivity index (χ3v) is 4.23. The number of carbonyl (C=O) groups excluding carboxylic acids is 1. The number of fused-ring (bicyclic) bond motifs is 1. The molecule has 0 aliphatic rings. The number of amides is 1. The fourth-order valence-electron chi connectivity index (χ4n) is 2.91. The highest BCUT2D eigenvalue weighted by Crippen LogP contribution is 2.24. The highest BCUT2D eigenvalue weighted by atomic mass is 16.5. The lowest BCUT2D eigenvalue weighted by Gasteiger charge is -2.11. The summed E-state index contributed by atoms with van der Waals surface area (Å²) in [5.41, 5.74) is 3.28. The van der Waals surface area contributed by atoms with Gasteiger partial charge < -0.3 is 10.1 Å². The third-order valence-electron chi connectivity index (χ3n) is 4.23. The molecule has 0 saturated heterocycles. The number of pyridine rings is 1. The van der Waals surface area contributed by atoms with Crippen LogP contribution in [0.15, 0.2) is 60.7 Å². The van der Waals surface area contributed by atoms with Crippen molar-refractivity contribution in [2.45, 2.75) is 20.3 Å². The smallest absolute Gasteiger partial charge is 0.252 e. The van der Waals surface area contributed by atoms with Gasteiger partial charge in [-0.1, -0.05) is 62.4 Å². The van der Waals surface area contributed by atoms with Crippen LogP contribution in [-0.2, 0) is 4.74 Å². The first-order valence-corrected chi connectivity index (χ1v) is 9.46. The molecule has 3 rings (SSSR count). The fourth-order valence-corrected chi connectivity index (χ4v) is 2.91. The average Bonchev–Trinajstić information content (AvgIpc) is 2.70. The molecule has 27 heavy (non-hydrogen) atoms. The van der Waals surface area contributed by atoms with E-state index < -0.39 is 0 Å². The van der Waals surface area contributed by atoms with Gasteiger partial charge in [-0.3, -0.25) is 4.79 Å². The molecule has 2 aromatic carbocycles. The maximum Gasteiger partial charge on any atom is 0.252 e. The van der Waals surface area contributed by atoms with Crippen LogP contribution in [-0.4, -0.2) is 30.6 Å². The molecule has 4 nitrogen and oxygen atoms in total. The lowest BCUT2D eigenvalue weighted by Crippen LogP contribution is -2.25. The van der Waals surface area contributed by atoms with Gasteiger partial charge in [-0.2, -0.15) is 0 Å². The minimum absolute atomic E-state index is 0.0744. The fraction of sp³-hybridized carbons (Fsp3) is 0.304. The van der Waals surface area contributed by atoms with Crippen molar-refractivity contribution < 1.29 is 9.53 Å². The van der Waals surface area contributed by atoms with Crippen LogP contribution < -0.4 is 5.32 Å². The predicted molar refractivity (Wildman–Crippen MR) is 110 cm³/mol. The number of benzene rings is 2. The Morgan fingerprint density at radius 3 is 2.59 bits per heavy atom. The Bertz CT molecular complexity index is 891. The topological polar surface area (TPSA) is 51.2 Å². The van der Waals surface area contributed by atoms with Crippen molar-refractivity contribution in [2.75, 3.05) is 19.8 Å². The number of rotatable bonds is 8. The monoisotopic (exact) mass is 362 g/mol. The molecule has 0 spiro atoms. The molecule has 0 bridgehead atoms. The van der Waals surface area contributed by atoms with Crippen LogP contribution in [0, 0.1) is 5.92 Å². The van der Waals surface area contributed by atoms with Crippen LogP contribution >= 0.6 is 0 Å². The van der Waals surface area contributed by atoms with Gasteiger partial charge in [0, 0.05) is 30.7 Å². The zero-order valence-electron chi connectivity index (χ0n) is 15.9. The Balaban J connectivity index is 1.75. The van der Waals surface area contributed by atoms with E-state index in [1.54, 1.807) is 0 Å². The molecule has 0 aliphatic carbocycles. The maximum atomic E-state index is 12.8. The molecule has 4 heteroatoms. The van der Waals surface area contributed by atoms with Crippen molar-refractivity contribution in [2.24, 2.45) is 5.92 Å². The minimum Gasteiger partial charge on any atom is -0.381 e. The van der Waals surface area contributed by atoms with Gasteiger partial charge in [0.2, 0.25) is 0 Å². The van der Waals surface area contributed by atoms with E-state index >= 15 is 0 Å². The lowest BCUT2D eigenvalue weighted by atomic mass is 10.0. The van der Waals surface area contributed by atoms with Crippen LogP contribution in [0.3, 0.4) is 0 Å². The van der Waals surface area contributed by atoms with Gasteiger partial charge in [-0.15, -0.1) is 0 Å². The molecule has 0 radical (unpaired) electrons. The minimum atomic E-state index is -0.0744. The van der Waals surface area contributed by atoms with E-state index in [1.807, 2.05) is 60.7 Å². The van der Waals surface area contributed by atoms with Crippen molar-refractivity contribution in [3.05, 3.63) is 66.2 Å². The molecule has 1 amide bonds. The predicted octanol–water partition coefficient (Wildman–Crippen LogP) is 4.69. The van der Waals surface area contributed by atoms with Gasteiger partial charge in [0.1, 0.15) is 0 Å². The Labute approximate surface area is 160 Å². The second kappa shape index (κ2) is 9.28. The highest BCUT2D eigenvalue weighted by molar-refractivity contribution is 6.07. The van der Waals surface area contributed by atoms with E-state index in [0.29, 0.717) is 24.6 Å². The zero-order chi connectivity index (χ0) is 19.1. The van der Waals surface area contributed by atoms with Gasteiger partial charge in [-0.05, 0) is 24.5 Å². The summed E-state index contributed by atoms with van der Waals surface area (Å²) < 4.78 is 5.57. The average molecular weight is 362 g/mol. The van der Waals surface area contributed by atoms with Crippen LogP contribution in [0.4, 0.5) is 0 Å². The summed E-state index contributed by atoms with van der Waals surface area (Å²) >= 11 is 0. The van der Waals surface area contributed by atoms with Crippen LogP contribution in [0.5, 0.6) is 0 Å². The number of ether oxygens (including phenoxy) is 1. The van der Waals surface area contributed by atoms with Gasteiger partial charge >= 0.3 is 0 Å². The number of nitrogens with zero attached hydrogens (tertiary/aromatic N) is 1. The van der Waals surface area contributed by atoms with E-state index in [1.165, 1.54) is 0 Å². The van der Waals surface area contributed by atoms with Crippen molar-refractivity contribution >= 4 is 16.8 Å². The number of para-hydroxylation sites is 1. The van der Waals surface area contributed by atoms with E-state index in [9.17, 15) is 4.79 Å². The maximum absolute atomic E-state index is 12.8. The molecule has 1 heterocycles. The molecule has 3 aromatic rings. The summed E-state index contributed by atoms with van der Waals surface area (Å²) in [4.78, 5) is 17.5. The second-order valence-electron chi connectivity index (χ2n) is 7.02. The molecule has 140 valence electrons. The molecule has 0 aliphatic heterocycles. The van der Waals surface area contributed by atoms with Gasteiger partial charge in [-0.25, -0.2) is 4.98 Å². The number of aromatic nitrogens is 1. The standard InChI is InChI=1S/C23H26N2O2/c1-17(2)16-27-14-8-13-24-23(26)20-15-22(18-9-4-3-5-10-18)25-21-12-7-6-11-19(20)21/h3-7,9-12,15,17H,8,13-14,16H2,1-2H3,(H,24,26). The largest absolute Gasteiger partial charge is 0.381 e. The normalized spacial score (nSPS) is 11.1. The summed E-state index contributed by atoms with van der Waals surface area (Å²) in [5, 5.41) is 3.88. The molecule has 1 aromatic heterocycles. The van der Waals surface area contributed by atoms with Crippen molar-refractivity contribution in [1.29, 1.82) is 0 Å². The first-order valence-electron chi connectivity index (χ1n) is 9.46. The second-order valence-corrected chi connectivity index (χ2v) is 7.02. The molecule has 0 fully saturated rings. The zero-order valence-corrected chi connectivity index (χ0v) is 15.9. The number of hydrogen-bond acceptors (Lipinski definition) is 3. The lowest BCUT2D eigenvalue weighted by molar-refractivity contribution is 0.0926. The molecule has 0 saturated carbocycles. The highest BCUT2D eigenvalue weighted by Gasteiger charge is 2.13.